The van der Waals surface area contributed by atoms with E-state index >= 15 is 0 Å². The number of nitrogens with one attached hydrogen (secondary N) is 3. The van der Waals surface area contributed by atoms with Gasteiger partial charge in [0.15, 0.2) is 0 Å². The maximum atomic E-state index is 4.72. The lowest BCUT2D eigenvalue weighted by Crippen LogP contribution is -2.30. The highest BCUT2D eigenvalue weighted by Crippen LogP contribution is 2.34. The molecule has 172 valence electrons. The molecule has 5 aromatic heterocycles. The second kappa shape index (κ2) is 8.44. The van der Waals surface area contributed by atoms with Gasteiger partial charge in [-0.25, -0.2) is 4.98 Å². The number of anilines is 2. The Bertz CT molecular complexity index is 1460. The molecule has 0 amide bonds. The maximum Gasteiger partial charge on any atom is 0.137 e. The predicted molar refractivity (Wildman–Crippen MR) is 137 cm³/mol. The number of piperidine rings is 1. The molecule has 0 radical (unpaired) electrons. The van der Waals surface area contributed by atoms with Crippen LogP contribution in [-0.4, -0.2) is 49.3 Å². The molecule has 5 aromatic rings. The van der Waals surface area contributed by atoms with E-state index in [1.807, 2.05) is 30.9 Å². The zero-order valence-corrected chi connectivity index (χ0v) is 19.5. The third-order valence-electron chi connectivity index (χ3n) is 6.37. The normalized spacial score (nSPS) is 14.4. The highest BCUT2D eigenvalue weighted by atomic mass is 15.2. The van der Waals surface area contributed by atoms with Crippen LogP contribution in [0.4, 0.5) is 11.5 Å². The SMILES string of the molecule is CC(C)Nc1cncc(-c2cc3c(-c4cc5c(N6CCCCC6)nccc5[nH]4)n[nH]c3cn2)c1. The molecule has 8 nitrogen and oxygen atoms in total. The van der Waals surface area contributed by atoms with Crippen molar-refractivity contribution in [3.8, 4) is 22.6 Å². The smallest absolute Gasteiger partial charge is 0.137 e. The first-order valence-electron chi connectivity index (χ1n) is 11.9. The number of aromatic amines is 2. The van der Waals surface area contributed by atoms with Crippen molar-refractivity contribution in [3.05, 3.63) is 49.1 Å². The quantitative estimate of drug-likeness (QED) is 0.331. The number of nitrogens with zero attached hydrogens (tertiary/aromatic N) is 5. The van der Waals surface area contributed by atoms with Crippen LogP contribution in [0.25, 0.3) is 44.5 Å². The van der Waals surface area contributed by atoms with Crippen molar-refractivity contribution in [3.63, 3.8) is 0 Å². The van der Waals surface area contributed by atoms with E-state index in [-0.39, 0.29) is 0 Å². The molecule has 3 N–H and O–H groups in total. The molecule has 0 aromatic carbocycles. The van der Waals surface area contributed by atoms with E-state index in [2.05, 4.69) is 67.4 Å². The first-order chi connectivity index (χ1) is 16.7. The number of hydrogen-bond acceptors (Lipinski definition) is 6. The summed E-state index contributed by atoms with van der Waals surface area (Å²) >= 11 is 0. The van der Waals surface area contributed by atoms with Gasteiger partial charge in [-0.05, 0) is 57.4 Å². The molecule has 34 heavy (non-hydrogen) atoms. The molecule has 1 fully saturated rings. The number of pyridine rings is 3. The summed E-state index contributed by atoms with van der Waals surface area (Å²) in [6.45, 7) is 6.35. The van der Waals surface area contributed by atoms with E-state index in [1.54, 1.807) is 0 Å². The maximum absolute atomic E-state index is 4.72. The molecule has 1 saturated heterocycles. The van der Waals surface area contributed by atoms with Crippen molar-refractivity contribution in [2.24, 2.45) is 0 Å². The number of hydrogen-bond donors (Lipinski definition) is 3. The average molecular weight is 453 g/mol. The van der Waals surface area contributed by atoms with Crippen LogP contribution in [0.3, 0.4) is 0 Å². The molecule has 6 rings (SSSR count). The topological polar surface area (TPSA) is 98.4 Å². The van der Waals surface area contributed by atoms with Gasteiger partial charge < -0.3 is 15.2 Å². The molecule has 8 heteroatoms. The van der Waals surface area contributed by atoms with Gasteiger partial charge in [-0.3, -0.25) is 15.1 Å². The standard InChI is InChI=1S/C26H28N8/c1-16(2)30-18-10-17(13-27-14-18)22-11-19-24(15-29-22)32-33-25(19)23-12-20-21(31-23)6-7-28-26(20)34-8-4-3-5-9-34/h6-7,10-16,30-31H,3-5,8-9H2,1-2H3,(H,32,33). The Kier molecular flexibility index (Phi) is 5.13. The lowest BCUT2D eigenvalue weighted by molar-refractivity contribution is 0.575. The fourth-order valence-corrected chi connectivity index (χ4v) is 4.80. The van der Waals surface area contributed by atoms with Crippen LogP contribution in [0.15, 0.2) is 49.1 Å². The van der Waals surface area contributed by atoms with Gasteiger partial charge in [0.25, 0.3) is 0 Å². The molecule has 0 saturated carbocycles. The summed E-state index contributed by atoms with van der Waals surface area (Å²) in [6.07, 6.45) is 11.2. The van der Waals surface area contributed by atoms with Gasteiger partial charge in [0.1, 0.15) is 11.5 Å². The Morgan fingerprint density at radius 1 is 0.941 bits per heavy atom. The van der Waals surface area contributed by atoms with Crippen LogP contribution in [0, 0.1) is 0 Å². The molecule has 6 heterocycles. The van der Waals surface area contributed by atoms with E-state index in [0.29, 0.717) is 6.04 Å². The van der Waals surface area contributed by atoms with E-state index in [4.69, 9.17) is 4.98 Å². The van der Waals surface area contributed by atoms with Gasteiger partial charge in [-0.2, -0.15) is 5.10 Å². The molecular formula is C26H28N8. The minimum Gasteiger partial charge on any atom is -0.382 e. The van der Waals surface area contributed by atoms with Crippen LogP contribution in [0.1, 0.15) is 33.1 Å². The summed E-state index contributed by atoms with van der Waals surface area (Å²) < 4.78 is 0. The van der Waals surface area contributed by atoms with Crippen LogP contribution in [0.5, 0.6) is 0 Å². The molecule has 1 aliphatic heterocycles. The number of fused-ring (bicyclic) bond motifs is 2. The van der Waals surface area contributed by atoms with Crippen LogP contribution < -0.4 is 10.2 Å². The summed E-state index contributed by atoms with van der Waals surface area (Å²) in [7, 11) is 0. The molecule has 0 bridgehead atoms. The van der Waals surface area contributed by atoms with Crippen molar-refractivity contribution in [1.82, 2.24) is 30.1 Å². The van der Waals surface area contributed by atoms with Crippen LogP contribution >= 0.6 is 0 Å². The lowest BCUT2D eigenvalue weighted by atomic mass is 10.1. The van der Waals surface area contributed by atoms with E-state index in [1.165, 1.54) is 19.3 Å². The third kappa shape index (κ3) is 3.75. The Morgan fingerprint density at radius 3 is 2.68 bits per heavy atom. The summed E-state index contributed by atoms with van der Waals surface area (Å²) in [4.78, 5) is 19.8. The summed E-state index contributed by atoms with van der Waals surface area (Å²) in [5, 5.41) is 13.3. The predicted octanol–water partition coefficient (Wildman–Crippen LogP) is 5.37. The van der Waals surface area contributed by atoms with Crippen molar-refractivity contribution in [1.29, 1.82) is 0 Å². The molecule has 0 aliphatic carbocycles. The van der Waals surface area contributed by atoms with Crippen LogP contribution in [-0.2, 0) is 0 Å². The Balaban J connectivity index is 1.41. The van der Waals surface area contributed by atoms with E-state index in [0.717, 1.165) is 69.0 Å². The first-order valence-corrected chi connectivity index (χ1v) is 11.9. The van der Waals surface area contributed by atoms with Gasteiger partial charge in [0.2, 0.25) is 0 Å². The number of rotatable bonds is 5. The molecule has 1 aliphatic rings. The Labute approximate surface area is 197 Å². The highest BCUT2D eigenvalue weighted by Gasteiger charge is 2.18. The Hall–Kier alpha value is -3.94. The fraction of sp³-hybridized carbons (Fsp3) is 0.308. The monoisotopic (exact) mass is 452 g/mol. The van der Waals surface area contributed by atoms with Crippen molar-refractivity contribution in [2.45, 2.75) is 39.2 Å². The second-order valence-electron chi connectivity index (χ2n) is 9.28. The molecule has 0 atom stereocenters. The molecular weight excluding hydrogens is 424 g/mol. The van der Waals surface area contributed by atoms with Gasteiger partial charge in [-0.15, -0.1) is 0 Å². The van der Waals surface area contributed by atoms with Crippen molar-refractivity contribution >= 4 is 33.3 Å². The lowest BCUT2D eigenvalue weighted by Gasteiger charge is -2.28. The third-order valence-corrected chi connectivity index (χ3v) is 6.37. The minimum atomic E-state index is 0.333. The van der Waals surface area contributed by atoms with E-state index in [9.17, 15) is 0 Å². The minimum absolute atomic E-state index is 0.333. The van der Waals surface area contributed by atoms with Gasteiger partial charge >= 0.3 is 0 Å². The highest BCUT2D eigenvalue weighted by molar-refractivity contribution is 5.99. The summed E-state index contributed by atoms with van der Waals surface area (Å²) in [6, 6.07) is 8.71. The Morgan fingerprint density at radius 2 is 1.82 bits per heavy atom. The van der Waals surface area contributed by atoms with E-state index < -0.39 is 0 Å². The summed E-state index contributed by atoms with van der Waals surface area (Å²) in [5.41, 5.74) is 6.63. The number of aromatic nitrogens is 6. The zero-order valence-electron chi connectivity index (χ0n) is 19.5. The largest absolute Gasteiger partial charge is 0.382 e. The zero-order chi connectivity index (χ0) is 23.1. The van der Waals surface area contributed by atoms with Gasteiger partial charge in [-0.1, -0.05) is 0 Å². The number of H-pyrrole nitrogens is 2. The summed E-state index contributed by atoms with van der Waals surface area (Å²) in [5.74, 6) is 1.06. The van der Waals surface area contributed by atoms with Crippen molar-refractivity contribution < 1.29 is 0 Å². The molecule has 0 unspecified atom stereocenters. The van der Waals surface area contributed by atoms with Crippen molar-refractivity contribution in [2.75, 3.05) is 23.3 Å². The van der Waals surface area contributed by atoms with Gasteiger partial charge in [0.05, 0.1) is 34.3 Å². The fourth-order valence-electron chi connectivity index (χ4n) is 4.80. The average Bonchev–Trinajstić information content (AvgIpc) is 3.48. The first kappa shape index (κ1) is 20.7. The molecule has 0 spiro atoms. The van der Waals surface area contributed by atoms with Gasteiger partial charge in [0, 0.05) is 54.1 Å². The second-order valence-corrected chi connectivity index (χ2v) is 9.28. The van der Waals surface area contributed by atoms with Crippen LogP contribution in [0.2, 0.25) is 0 Å².